The van der Waals surface area contributed by atoms with Crippen LogP contribution < -0.4 is 16.4 Å². The number of rotatable bonds is 5. The molecule has 6 nitrogen and oxygen atoms in total. The number of allylic oxidation sites excluding steroid dienone is 1. The first-order chi connectivity index (χ1) is 15.8. The number of halogens is 2. The van der Waals surface area contributed by atoms with Crippen molar-refractivity contribution < 1.29 is 18.3 Å². The number of carbonyl (C=O) groups excluding carboxylic acids is 1. The highest BCUT2D eigenvalue weighted by Gasteiger charge is 2.27. The van der Waals surface area contributed by atoms with Crippen LogP contribution in [0.1, 0.15) is 43.6 Å². The predicted molar refractivity (Wildman–Crippen MR) is 129 cm³/mol. The molecule has 1 amide bonds. The van der Waals surface area contributed by atoms with Crippen molar-refractivity contribution in [3.05, 3.63) is 58.0 Å². The third-order valence-electron chi connectivity index (χ3n) is 5.61. The van der Waals surface area contributed by atoms with Crippen molar-refractivity contribution in [3.8, 4) is 10.6 Å². The van der Waals surface area contributed by atoms with Crippen LogP contribution in [-0.4, -0.2) is 35.3 Å². The Bertz CT molecular complexity index is 1090. The molecule has 0 bridgehead atoms. The normalized spacial score (nSPS) is 21.4. The SMILES string of the molecule is CC1=CC(NC(=O)c2nc(-c3c(F)cccc3F)sc2N)=C(OC2CCCNCC2)S[C@@H]1C. The van der Waals surface area contributed by atoms with Crippen molar-refractivity contribution in [2.24, 2.45) is 0 Å². The fourth-order valence-corrected chi connectivity index (χ4v) is 5.52. The number of hydrogen-bond acceptors (Lipinski definition) is 7. The first-order valence-electron chi connectivity index (χ1n) is 10.8. The van der Waals surface area contributed by atoms with E-state index < -0.39 is 17.5 Å². The summed E-state index contributed by atoms with van der Waals surface area (Å²) in [5.41, 5.74) is 7.28. The topological polar surface area (TPSA) is 89.3 Å². The van der Waals surface area contributed by atoms with Crippen LogP contribution >= 0.6 is 23.1 Å². The zero-order valence-corrected chi connectivity index (χ0v) is 20.0. The van der Waals surface area contributed by atoms with E-state index in [1.165, 1.54) is 6.07 Å². The highest BCUT2D eigenvalue weighted by molar-refractivity contribution is 8.03. The maximum atomic E-state index is 14.2. The highest BCUT2D eigenvalue weighted by Crippen LogP contribution is 2.37. The minimum atomic E-state index is -0.761. The second-order valence-electron chi connectivity index (χ2n) is 8.05. The average molecular weight is 493 g/mol. The molecule has 2 aliphatic heterocycles. The van der Waals surface area contributed by atoms with Crippen LogP contribution in [0.15, 0.2) is 40.6 Å². The maximum absolute atomic E-state index is 14.2. The number of thioether (sulfide) groups is 1. The van der Waals surface area contributed by atoms with E-state index in [4.69, 9.17) is 10.5 Å². The molecule has 1 saturated heterocycles. The van der Waals surface area contributed by atoms with E-state index in [0.29, 0.717) is 10.8 Å². The standard InChI is InChI=1S/C23H26F2N4O2S2/c1-12-11-17(23(32-13(12)2)31-14-5-4-9-27-10-8-14)28-21(30)19-20(26)33-22(29-19)18-15(24)6-3-7-16(18)25/h3,6-7,11,13-14,27H,4-5,8-10,26H2,1-2H3,(H,28,30)/t13-,14?/m1/s1. The summed E-state index contributed by atoms with van der Waals surface area (Å²) in [7, 11) is 0. The summed E-state index contributed by atoms with van der Waals surface area (Å²) in [6.45, 7) is 5.94. The van der Waals surface area contributed by atoms with Gasteiger partial charge in [-0.1, -0.05) is 34.7 Å². The van der Waals surface area contributed by atoms with E-state index >= 15 is 0 Å². The fourth-order valence-electron chi connectivity index (χ4n) is 3.64. The number of nitrogen functional groups attached to an aromatic ring is 1. The molecule has 1 aromatic carbocycles. The molecule has 33 heavy (non-hydrogen) atoms. The largest absolute Gasteiger partial charge is 0.482 e. The maximum Gasteiger partial charge on any atom is 0.277 e. The average Bonchev–Trinajstić information content (AvgIpc) is 2.96. The lowest BCUT2D eigenvalue weighted by atomic mass is 10.1. The van der Waals surface area contributed by atoms with Gasteiger partial charge < -0.3 is 21.1 Å². The van der Waals surface area contributed by atoms with Gasteiger partial charge in [-0.3, -0.25) is 4.79 Å². The summed E-state index contributed by atoms with van der Waals surface area (Å²) in [4.78, 5) is 17.2. The number of aromatic nitrogens is 1. The van der Waals surface area contributed by atoms with E-state index in [-0.39, 0.29) is 32.6 Å². The van der Waals surface area contributed by atoms with Crippen LogP contribution in [0, 0.1) is 11.6 Å². The van der Waals surface area contributed by atoms with Gasteiger partial charge in [0.25, 0.3) is 5.91 Å². The van der Waals surface area contributed by atoms with Gasteiger partial charge in [0.15, 0.2) is 10.8 Å². The summed E-state index contributed by atoms with van der Waals surface area (Å²) in [5.74, 6) is -2.07. The third-order valence-corrected chi connectivity index (χ3v) is 7.76. The summed E-state index contributed by atoms with van der Waals surface area (Å²) < 4.78 is 34.7. The number of hydrogen-bond donors (Lipinski definition) is 3. The Hall–Kier alpha value is -2.43. The van der Waals surface area contributed by atoms with Crippen molar-refractivity contribution in [2.45, 2.75) is 44.5 Å². The Balaban J connectivity index is 1.59. The quantitative estimate of drug-likeness (QED) is 0.555. The molecule has 2 aromatic rings. The lowest BCUT2D eigenvalue weighted by Gasteiger charge is -2.27. The third kappa shape index (κ3) is 5.39. The van der Waals surface area contributed by atoms with Crippen molar-refractivity contribution >= 4 is 34.0 Å². The number of anilines is 1. The molecular weight excluding hydrogens is 466 g/mol. The Labute approximate surface area is 199 Å². The van der Waals surface area contributed by atoms with Gasteiger partial charge in [0, 0.05) is 5.25 Å². The molecular formula is C23H26F2N4O2S2. The van der Waals surface area contributed by atoms with Crippen molar-refractivity contribution in [1.29, 1.82) is 0 Å². The molecule has 0 saturated carbocycles. The molecule has 4 rings (SSSR count). The van der Waals surface area contributed by atoms with Gasteiger partial charge in [0.2, 0.25) is 0 Å². The van der Waals surface area contributed by atoms with E-state index in [9.17, 15) is 13.6 Å². The number of nitrogens with two attached hydrogens (primary N) is 1. The van der Waals surface area contributed by atoms with Gasteiger partial charge in [-0.2, -0.15) is 0 Å². The van der Waals surface area contributed by atoms with E-state index in [2.05, 4.69) is 22.5 Å². The lowest BCUT2D eigenvalue weighted by Crippen LogP contribution is -2.28. The van der Waals surface area contributed by atoms with E-state index in [1.807, 2.05) is 13.0 Å². The van der Waals surface area contributed by atoms with E-state index in [1.54, 1.807) is 11.8 Å². The van der Waals surface area contributed by atoms with Gasteiger partial charge in [0.05, 0.1) is 11.3 Å². The predicted octanol–water partition coefficient (Wildman–Crippen LogP) is 4.81. The molecule has 3 heterocycles. The summed E-state index contributed by atoms with van der Waals surface area (Å²) in [6.07, 6.45) is 4.81. The molecule has 10 heteroatoms. The van der Waals surface area contributed by atoms with Gasteiger partial charge in [-0.05, 0) is 64.4 Å². The number of nitrogens with zero attached hydrogens (tertiary/aromatic N) is 1. The van der Waals surface area contributed by atoms with Crippen molar-refractivity contribution in [1.82, 2.24) is 15.6 Å². The fraction of sp³-hybridized carbons (Fsp3) is 0.391. The number of carbonyl (C=O) groups is 1. The van der Waals surface area contributed by atoms with Crippen LogP contribution in [-0.2, 0) is 4.74 Å². The van der Waals surface area contributed by atoms with Gasteiger partial charge in [-0.15, -0.1) is 0 Å². The number of ether oxygens (including phenoxy) is 1. The van der Waals surface area contributed by atoms with Crippen LogP contribution in [0.5, 0.6) is 0 Å². The number of amides is 1. The molecule has 1 unspecified atom stereocenters. The number of benzene rings is 1. The monoisotopic (exact) mass is 492 g/mol. The second-order valence-corrected chi connectivity index (χ2v) is 10.4. The lowest BCUT2D eigenvalue weighted by molar-refractivity contribution is 0.0951. The Kier molecular flexibility index (Phi) is 7.35. The molecule has 0 spiro atoms. The minimum absolute atomic E-state index is 0.0167. The van der Waals surface area contributed by atoms with Crippen molar-refractivity contribution in [2.75, 3.05) is 18.8 Å². The molecule has 2 atom stereocenters. The van der Waals surface area contributed by atoms with Crippen LogP contribution in [0.3, 0.4) is 0 Å². The molecule has 1 aromatic heterocycles. The van der Waals surface area contributed by atoms with Gasteiger partial charge >= 0.3 is 0 Å². The van der Waals surface area contributed by atoms with Gasteiger partial charge in [0.1, 0.15) is 27.7 Å². The molecule has 0 aliphatic carbocycles. The Morgan fingerprint density at radius 1 is 1.27 bits per heavy atom. The molecule has 4 N–H and O–H groups in total. The summed E-state index contributed by atoms with van der Waals surface area (Å²) >= 11 is 2.43. The Morgan fingerprint density at radius 3 is 2.79 bits per heavy atom. The highest BCUT2D eigenvalue weighted by atomic mass is 32.2. The number of nitrogens with one attached hydrogen (secondary N) is 2. The van der Waals surface area contributed by atoms with Crippen LogP contribution in [0.2, 0.25) is 0 Å². The zero-order valence-electron chi connectivity index (χ0n) is 18.4. The number of thiazole rings is 1. The first kappa shape index (κ1) is 23.7. The molecule has 0 radical (unpaired) electrons. The molecule has 176 valence electrons. The second kappa shape index (κ2) is 10.2. The van der Waals surface area contributed by atoms with Gasteiger partial charge in [-0.25, -0.2) is 13.8 Å². The summed E-state index contributed by atoms with van der Waals surface area (Å²) in [5, 5.41) is 7.19. The van der Waals surface area contributed by atoms with E-state index in [0.717, 1.165) is 61.4 Å². The van der Waals surface area contributed by atoms with Crippen molar-refractivity contribution in [3.63, 3.8) is 0 Å². The first-order valence-corrected chi connectivity index (χ1v) is 12.5. The minimum Gasteiger partial charge on any atom is -0.482 e. The van der Waals surface area contributed by atoms with Crippen LogP contribution in [0.4, 0.5) is 13.8 Å². The zero-order chi connectivity index (χ0) is 23.5. The molecule has 1 fully saturated rings. The van der Waals surface area contributed by atoms with Crippen LogP contribution in [0.25, 0.3) is 10.6 Å². The molecule has 2 aliphatic rings. The Morgan fingerprint density at radius 2 is 2.03 bits per heavy atom. The summed E-state index contributed by atoms with van der Waals surface area (Å²) in [6, 6.07) is 3.55. The smallest absolute Gasteiger partial charge is 0.277 e.